The second-order valence-corrected chi connectivity index (χ2v) is 7.27. The monoisotopic (exact) mass is 402 g/mol. The molecule has 2 aromatic rings. The number of amides is 1. The predicted octanol–water partition coefficient (Wildman–Crippen LogP) is 3.85. The number of ether oxygens (including phenoxy) is 1. The van der Waals surface area contributed by atoms with Crippen LogP contribution in [0.4, 0.5) is 11.6 Å². The minimum absolute atomic E-state index is 0.0353. The Morgan fingerprint density at radius 3 is 2.54 bits per heavy atom. The van der Waals surface area contributed by atoms with Crippen LogP contribution in [0.2, 0.25) is 5.02 Å². The smallest absolute Gasteiger partial charge is 0.338 e. The highest BCUT2D eigenvalue weighted by Gasteiger charge is 2.38. The van der Waals surface area contributed by atoms with Crippen LogP contribution in [0.3, 0.4) is 0 Å². The summed E-state index contributed by atoms with van der Waals surface area (Å²) in [6, 6.07) is 5.01. The summed E-state index contributed by atoms with van der Waals surface area (Å²) < 4.78 is 5.13. The zero-order valence-electron chi connectivity index (χ0n) is 16.3. The summed E-state index contributed by atoms with van der Waals surface area (Å²) in [5.74, 6) is 0.0171. The van der Waals surface area contributed by atoms with E-state index in [0.29, 0.717) is 23.1 Å². The third-order valence-corrected chi connectivity index (χ3v) is 5.27. The van der Waals surface area contributed by atoms with Crippen LogP contribution in [0.1, 0.15) is 49.7 Å². The Morgan fingerprint density at radius 2 is 1.93 bits per heavy atom. The van der Waals surface area contributed by atoms with Crippen molar-refractivity contribution < 1.29 is 14.3 Å². The van der Waals surface area contributed by atoms with E-state index < -0.39 is 5.97 Å². The van der Waals surface area contributed by atoms with Crippen molar-refractivity contribution in [1.82, 2.24) is 9.97 Å². The average molecular weight is 403 g/mol. The highest BCUT2D eigenvalue weighted by Crippen LogP contribution is 2.42. The lowest BCUT2D eigenvalue weighted by Gasteiger charge is -2.43. The van der Waals surface area contributed by atoms with E-state index in [9.17, 15) is 9.59 Å². The molecule has 1 aromatic carbocycles. The molecule has 3 atom stereocenters. The van der Waals surface area contributed by atoms with Crippen LogP contribution in [0.5, 0.6) is 0 Å². The molecule has 0 fully saturated rings. The van der Waals surface area contributed by atoms with E-state index in [1.165, 1.54) is 12.4 Å². The second-order valence-electron chi connectivity index (χ2n) is 6.83. The summed E-state index contributed by atoms with van der Waals surface area (Å²) in [4.78, 5) is 34.7. The normalized spacial score (nSPS) is 21.0. The fourth-order valence-electron chi connectivity index (χ4n) is 3.57. The molecule has 1 amide bonds. The standard InChI is InChI=1S/C20H23ClN4O3/c1-5-28-19(27)14-6-7-17-16(8-14)18(11(2)12(3)25(17)13(4)26)24-20-22-9-15(21)10-23-20/h6-12,18H,5H2,1-4H3,(H,22,23,24)/t11-,12-,18+/m0/s1. The molecule has 0 unspecified atom stereocenters. The van der Waals surface area contributed by atoms with Crippen molar-refractivity contribution in [3.05, 3.63) is 46.7 Å². The highest BCUT2D eigenvalue weighted by molar-refractivity contribution is 6.30. The number of benzene rings is 1. The van der Waals surface area contributed by atoms with Gasteiger partial charge >= 0.3 is 5.97 Å². The maximum atomic E-state index is 12.3. The first-order valence-electron chi connectivity index (χ1n) is 9.18. The van der Waals surface area contributed by atoms with Gasteiger partial charge in [-0.1, -0.05) is 18.5 Å². The number of carbonyl (C=O) groups excluding carboxylic acids is 2. The largest absolute Gasteiger partial charge is 0.462 e. The van der Waals surface area contributed by atoms with E-state index >= 15 is 0 Å². The van der Waals surface area contributed by atoms with Gasteiger partial charge < -0.3 is 15.0 Å². The quantitative estimate of drug-likeness (QED) is 0.782. The zero-order chi connectivity index (χ0) is 20.4. The molecular weight excluding hydrogens is 380 g/mol. The average Bonchev–Trinajstić information content (AvgIpc) is 2.66. The Morgan fingerprint density at radius 1 is 1.25 bits per heavy atom. The topological polar surface area (TPSA) is 84.4 Å². The molecule has 1 aliphatic heterocycles. The van der Waals surface area contributed by atoms with E-state index in [-0.39, 0.29) is 23.9 Å². The van der Waals surface area contributed by atoms with Crippen molar-refractivity contribution in [2.24, 2.45) is 5.92 Å². The van der Waals surface area contributed by atoms with Gasteiger partial charge in [0.1, 0.15) is 0 Å². The third-order valence-electron chi connectivity index (χ3n) is 5.07. The molecular formula is C20H23ClN4O3. The lowest BCUT2D eigenvalue weighted by atomic mass is 9.82. The van der Waals surface area contributed by atoms with E-state index in [4.69, 9.17) is 16.3 Å². The van der Waals surface area contributed by atoms with Crippen molar-refractivity contribution in [2.75, 3.05) is 16.8 Å². The number of rotatable bonds is 4. The molecule has 0 saturated heterocycles. The molecule has 0 bridgehead atoms. The van der Waals surface area contributed by atoms with E-state index in [2.05, 4.69) is 15.3 Å². The number of hydrogen-bond acceptors (Lipinski definition) is 6. The summed E-state index contributed by atoms with van der Waals surface area (Å²) in [5, 5.41) is 3.78. The van der Waals surface area contributed by atoms with Gasteiger partial charge in [-0.2, -0.15) is 0 Å². The van der Waals surface area contributed by atoms with Crippen molar-refractivity contribution in [1.29, 1.82) is 0 Å². The maximum absolute atomic E-state index is 12.3. The lowest BCUT2D eigenvalue weighted by Crippen LogP contribution is -2.48. The number of esters is 1. The first-order valence-corrected chi connectivity index (χ1v) is 9.56. The fourth-order valence-corrected chi connectivity index (χ4v) is 3.67. The van der Waals surface area contributed by atoms with Crippen molar-refractivity contribution in [3.63, 3.8) is 0 Å². The van der Waals surface area contributed by atoms with Gasteiger partial charge in [-0.15, -0.1) is 0 Å². The summed E-state index contributed by atoms with van der Waals surface area (Å²) in [6.07, 6.45) is 3.04. The van der Waals surface area contributed by atoms with Crippen LogP contribution in [-0.4, -0.2) is 34.5 Å². The molecule has 2 heterocycles. The first kappa shape index (κ1) is 20.1. The van der Waals surface area contributed by atoms with E-state index in [1.807, 2.05) is 13.8 Å². The number of halogens is 1. The Hall–Kier alpha value is -2.67. The number of fused-ring (bicyclic) bond motifs is 1. The molecule has 1 aliphatic rings. The van der Waals surface area contributed by atoms with Crippen LogP contribution >= 0.6 is 11.6 Å². The molecule has 148 valence electrons. The van der Waals surface area contributed by atoms with Crippen LogP contribution in [0.25, 0.3) is 0 Å². The molecule has 0 spiro atoms. The van der Waals surface area contributed by atoms with Gasteiger partial charge in [0, 0.05) is 24.6 Å². The zero-order valence-corrected chi connectivity index (χ0v) is 17.0. The van der Waals surface area contributed by atoms with Crippen LogP contribution < -0.4 is 10.2 Å². The molecule has 0 radical (unpaired) electrons. The lowest BCUT2D eigenvalue weighted by molar-refractivity contribution is -0.117. The molecule has 0 saturated carbocycles. The Bertz CT molecular complexity index is 888. The number of aromatic nitrogens is 2. The minimum atomic E-state index is -0.396. The minimum Gasteiger partial charge on any atom is -0.462 e. The molecule has 3 rings (SSSR count). The van der Waals surface area contributed by atoms with Gasteiger partial charge in [-0.05, 0) is 37.6 Å². The van der Waals surface area contributed by atoms with E-state index in [0.717, 1.165) is 11.3 Å². The summed E-state index contributed by atoms with van der Waals surface area (Å²) >= 11 is 5.88. The first-order chi connectivity index (χ1) is 13.3. The number of nitrogens with zero attached hydrogens (tertiary/aromatic N) is 3. The van der Waals surface area contributed by atoms with Gasteiger partial charge in [0.15, 0.2) is 0 Å². The highest BCUT2D eigenvalue weighted by atomic mass is 35.5. The van der Waals surface area contributed by atoms with Crippen molar-refractivity contribution in [3.8, 4) is 0 Å². The van der Waals surface area contributed by atoms with Gasteiger partial charge in [0.25, 0.3) is 0 Å². The maximum Gasteiger partial charge on any atom is 0.338 e. The second kappa shape index (κ2) is 8.14. The van der Waals surface area contributed by atoms with E-state index in [1.54, 1.807) is 36.9 Å². The Balaban J connectivity index is 2.07. The third kappa shape index (κ3) is 3.80. The summed E-state index contributed by atoms with van der Waals surface area (Å²) in [6.45, 7) is 7.66. The Kier molecular flexibility index (Phi) is 5.84. The molecule has 7 nitrogen and oxygen atoms in total. The molecule has 28 heavy (non-hydrogen) atoms. The molecule has 8 heteroatoms. The number of anilines is 2. The summed E-state index contributed by atoms with van der Waals surface area (Å²) in [7, 11) is 0. The Labute approximate surface area is 169 Å². The molecule has 0 aliphatic carbocycles. The van der Waals surface area contributed by atoms with Gasteiger partial charge in [0.05, 0.1) is 35.6 Å². The summed E-state index contributed by atoms with van der Waals surface area (Å²) in [5.41, 5.74) is 2.03. The SMILES string of the molecule is CCOC(=O)c1ccc2c(c1)[C@H](Nc1ncc(Cl)cn1)[C@@H](C)[C@H](C)N2C(C)=O. The van der Waals surface area contributed by atoms with Gasteiger partial charge in [-0.3, -0.25) is 4.79 Å². The molecule has 1 aromatic heterocycles. The van der Waals surface area contributed by atoms with Crippen LogP contribution in [0, 0.1) is 5.92 Å². The predicted molar refractivity (Wildman–Crippen MR) is 108 cm³/mol. The fraction of sp³-hybridized carbons (Fsp3) is 0.400. The van der Waals surface area contributed by atoms with Gasteiger partial charge in [-0.25, -0.2) is 14.8 Å². The van der Waals surface area contributed by atoms with Crippen molar-refractivity contribution >= 4 is 35.1 Å². The van der Waals surface area contributed by atoms with Crippen molar-refractivity contribution in [2.45, 2.75) is 39.8 Å². The molecule has 1 N–H and O–H groups in total. The van der Waals surface area contributed by atoms with Gasteiger partial charge in [0.2, 0.25) is 11.9 Å². The van der Waals surface area contributed by atoms with Crippen LogP contribution in [-0.2, 0) is 9.53 Å². The van der Waals surface area contributed by atoms with Crippen LogP contribution in [0.15, 0.2) is 30.6 Å². The number of hydrogen-bond donors (Lipinski definition) is 1. The number of nitrogens with one attached hydrogen (secondary N) is 1. The number of carbonyl (C=O) groups is 2.